The number of nitrogens with one attached hydrogen (secondary N) is 1. The van der Waals surface area contributed by atoms with Crippen LogP contribution in [0.5, 0.6) is 0 Å². The molecule has 0 bridgehead atoms. The van der Waals surface area contributed by atoms with E-state index in [1.54, 1.807) is 0 Å². The second-order valence-electron chi connectivity index (χ2n) is 7.50. The van der Waals surface area contributed by atoms with Crippen LogP contribution < -0.4 is 5.32 Å². The maximum absolute atomic E-state index is 10.7. The molecule has 2 nitrogen and oxygen atoms in total. The largest absolute Gasteiger partial charge is 0.393 e. The molecule has 2 rings (SSSR count). The number of aliphatic hydroxyl groups is 1. The van der Waals surface area contributed by atoms with Crippen molar-refractivity contribution < 1.29 is 5.11 Å². The van der Waals surface area contributed by atoms with Crippen molar-refractivity contribution >= 4 is 0 Å². The van der Waals surface area contributed by atoms with Crippen LogP contribution in [0.2, 0.25) is 0 Å². The van der Waals surface area contributed by atoms with Crippen LogP contribution in [-0.4, -0.2) is 23.8 Å². The SMILES string of the molecule is CCC1CCNC(C2CCCCCCCCCCC2O)C1. The second kappa shape index (κ2) is 9.84. The van der Waals surface area contributed by atoms with Crippen molar-refractivity contribution in [3.05, 3.63) is 0 Å². The fourth-order valence-electron chi connectivity index (χ4n) is 4.40. The number of hydrogen-bond acceptors (Lipinski definition) is 2. The summed E-state index contributed by atoms with van der Waals surface area (Å²) in [5, 5.41) is 14.5. The molecule has 2 heteroatoms. The van der Waals surface area contributed by atoms with E-state index in [0.717, 1.165) is 18.9 Å². The highest BCUT2D eigenvalue weighted by Gasteiger charge is 2.31. The molecular formula is C19H37NO. The van der Waals surface area contributed by atoms with Crippen molar-refractivity contribution in [1.29, 1.82) is 0 Å². The number of aliphatic hydroxyl groups excluding tert-OH is 1. The average molecular weight is 296 g/mol. The molecule has 21 heavy (non-hydrogen) atoms. The lowest BCUT2D eigenvalue weighted by molar-refractivity contribution is 0.0528. The van der Waals surface area contributed by atoms with Crippen LogP contribution in [-0.2, 0) is 0 Å². The minimum atomic E-state index is -0.0717. The highest BCUT2D eigenvalue weighted by Crippen LogP contribution is 2.30. The minimum Gasteiger partial charge on any atom is -0.393 e. The topological polar surface area (TPSA) is 32.3 Å². The molecule has 0 spiro atoms. The van der Waals surface area contributed by atoms with E-state index < -0.39 is 0 Å². The van der Waals surface area contributed by atoms with Gasteiger partial charge in [0.15, 0.2) is 0 Å². The van der Waals surface area contributed by atoms with Crippen LogP contribution in [0.1, 0.15) is 90.4 Å². The van der Waals surface area contributed by atoms with Crippen LogP contribution in [0.25, 0.3) is 0 Å². The Morgan fingerprint density at radius 1 is 0.857 bits per heavy atom. The van der Waals surface area contributed by atoms with E-state index in [-0.39, 0.29) is 6.10 Å². The van der Waals surface area contributed by atoms with Gasteiger partial charge >= 0.3 is 0 Å². The zero-order valence-corrected chi connectivity index (χ0v) is 14.2. The summed E-state index contributed by atoms with van der Waals surface area (Å²) in [7, 11) is 0. The Bertz CT molecular complexity index is 268. The highest BCUT2D eigenvalue weighted by molar-refractivity contribution is 4.87. The molecule has 0 aromatic rings. The molecule has 2 N–H and O–H groups in total. The first-order valence-corrected chi connectivity index (χ1v) is 9.72. The molecule has 1 aliphatic carbocycles. The van der Waals surface area contributed by atoms with Gasteiger partial charge < -0.3 is 10.4 Å². The van der Waals surface area contributed by atoms with Gasteiger partial charge in [-0.15, -0.1) is 0 Å². The molecule has 0 amide bonds. The Hall–Kier alpha value is -0.0800. The quantitative estimate of drug-likeness (QED) is 0.777. The monoisotopic (exact) mass is 295 g/mol. The number of hydrogen-bond donors (Lipinski definition) is 2. The Kier molecular flexibility index (Phi) is 8.10. The Labute approximate surface area is 132 Å². The van der Waals surface area contributed by atoms with Crippen molar-refractivity contribution in [2.75, 3.05) is 6.54 Å². The van der Waals surface area contributed by atoms with E-state index in [0.29, 0.717) is 12.0 Å². The lowest BCUT2D eigenvalue weighted by Gasteiger charge is -2.38. The van der Waals surface area contributed by atoms with Crippen LogP contribution in [0.3, 0.4) is 0 Å². The third-order valence-corrected chi connectivity index (χ3v) is 5.92. The van der Waals surface area contributed by atoms with E-state index in [4.69, 9.17) is 0 Å². The lowest BCUT2D eigenvalue weighted by atomic mass is 9.78. The van der Waals surface area contributed by atoms with E-state index in [1.807, 2.05) is 0 Å². The second-order valence-corrected chi connectivity index (χ2v) is 7.50. The fourth-order valence-corrected chi connectivity index (χ4v) is 4.40. The fraction of sp³-hybridized carbons (Fsp3) is 1.00. The van der Waals surface area contributed by atoms with Gasteiger partial charge in [-0.25, -0.2) is 0 Å². The zero-order valence-electron chi connectivity index (χ0n) is 14.2. The molecule has 0 aromatic heterocycles. The molecule has 4 unspecified atom stereocenters. The zero-order chi connectivity index (χ0) is 14.9. The normalized spacial score (nSPS) is 37.4. The van der Waals surface area contributed by atoms with Gasteiger partial charge in [-0.2, -0.15) is 0 Å². The average Bonchev–Trinajstić information content (AvgIpc) is 2.51. The van der Waals surface area contributed by atoms with Crippen molar-refractivity contribution in [2.45, 2.75) is 103 Å². The first-order valence-electron chi connectivity index (χ1n) is 9.72. The van der Waals surface area contributed by atoms with Gasteiger partial charge in [-0.3, -0.25) is 0 Å². The molecule has 1 heterocycles. The molecule has 2 aliphatic rings. The first kappa shape index (κ1) is 17.3. The summed E-state index contributed by atoms with van der Waals surface area (Å²) in [4.78, 5) is 0. The van der Waals surface area contributed by atoms with E-state index >= 15 is 0 Å². The van der Waals surface area contributed by atoms with Gasteiger partial charge in [0.25, 0.3) is 0 Å². The molecule has 4 atom stereocenters. The van der Waals surface area contributed by atoms with Crippen LogP contribution >= 0.6 is 0 Å². The number of piperidine rings is 1. The van der Waals surface area contributed by atoms with Gasteiger partial charge in [0.05, 0.1) is 6.10 Å². The van der Waals surface area contributed by atoms with Gasteiger partial charge in [-0.05, 0) is 38.1 Å². The van der Waals surface area contributed by atoms with Crippen molar-refractivity contribution in [3.8, 4) is 0 Å². The Balaban J connectivity index is 1.90. The van der Waals surface area contributed by atoms with Gasteiger partial charge in [0.1, 0.15) is 0 Å². The predicted octanol–water partition coefficient (Wildman–Crippen LogP) is 4.66. The minimum absolute atomic E-state index is 0.0717. The first-order chi connectivity index (χ1) is 10.3. The summed E-state index contributed by atoms with van der Waals surface area (Å²) in [6.45, 7) is 3.48. The molecule has 0 radical (unpaired) electrons. The number of rotatable bonds is 2. The standard InChI is InChI=1S/C19H37NO/c1-2-16-13-14-20-18(15-16)17-11-9-7-5-3-4-6-8-10-12-19(17)21/h16-21H,2-15H2,1H3. The van der Waals surface area contributed by atoms with E-state index in [9.17, 15) is 5.11 Å². The van der Waals surface area contributed by atoms with Crippen LogP contribution in [0.15, 0.2) is 0 Å². The lowest BCUT2D eigenvalue weighted by Crippen LogP contribution is -2.47. The Morgan fingerprint density at radius 2 is 1.48 bits per heavy atom. The summed E-state index contributed by atoms with van der Waals surface area (Å²) >= 11 is 0. The third kappa shape index (κ3) is 5.90. The van der Waals surface area contributed by atoms with Crippen molar-refractivity contribution in [2.24, 2.45) is 11.8 Å². The predicted molar refractivity (Wildman–Crippen MR) is 90.5 cm³/mol. The third-order valence-electron chi connectivity index (χ3n) is 5.92. The van der Waals surface area contributed by atoms with Gasteiger partial charge in [-0.1, -0.05) is 64.7 Å². The summed E-state index contributed by atoms with van der Waals surface area (Å²) in [6.07, 6.45) is 16.9. The van der Waals surface area contributed by atoms with Gasteiger partial charge in [0.2, 0.25) is 0 Å². The summed E-state index contributed by atoms with van der Waals surface area (Å²) in [5.74, 6) is 1.38. The molecule has 2 fully saturated rings. The van der Waals surface area contributed by atoms with E-state index in [2.05, 4.69) is 12.2 Å². The maximum Gasteiger partial charge on any atom is 0.0583 e. The molecule has 1 aliphatic heterocycles. The molecule has 1 saturated heterocycles. The van der Waals surface area contributed by atoms with E-state index in [1.165, 1.54) is 77.0 Å². The van der Waals surface area contributed by atoms with Gasteiger partial charge in [0, 0.05) is 12.0 Å². The smallest absolute Gasteiger partial charge is 0.0583 e. The highest BCUT2D eigenvalue weighted by atomic mass is 16.3. The van der Waals surface area contributed by atoms with Crippen LogP contribution in [0.4, 0.5) is 0 Å². The molecule has 1 saturated carbocycles. The molecular weight excluding hydrogens is 258 g/mol. The van der Waals surface area contributed by atoms with Crippen molar-refractivity contribution in [3.63, 3.8) is 0 Å². The molecule has 124 valence electrons. The summed E-state index contributed by atoms with van der Waals surface area (Å²) in [6, 6.07) is 0.571. The summed E-state index contributed by atoms with van der Waals surface area (Å²) in [5.41, 5.74) is 0. The molecule has 0 aromatic carbocycles. The maximum atomic E-state index is 10.7. The van der Waals surface area contributed by atoms with Crippen LogP contribution in [0, 0.1) is 11.8 Å². The Morgan fingerprint density at radius 3 is 2.14 bits per heavy atom. The van der Waals surface area contributed by atoms with Crippen molar-refractivity contribution in [1.82, 2.24) is 5.32 Å². The summed E-state index contributed by atoms with van der Waals surface area (Å²) < 4.78 is 0.